The summed E-state index contributed by atoms with van der Waals surface area (Å²) in [5, 5.41) is 0. The number of nitrogens with zero attached hydrogens (tertiary/aromatic N) is 4. The molecule has 0 spiro atoms. The van der Waals surface area contributed by atoms with E-state index < -0.39 is 0 Å². The van der Waals surface area contributed by atoms with Gasteiger partial charge in [0.05, 0.1) is 22.1 Å². The van der Waals surface area contributed by atoms with E-state index in [1.807, 2.05) is 84.9 Å². The van der Waals surface area contributed by atoms with Gasteiger partial charge in [0.25, 0.3) is 0 Å². The molecule has 0 aliphatic carbocycles. The van der Waals surface area contributed by atoms with Gasteiger partial charge in [-0.05, 0) is 48.5 Å². The van der Waals surface area contributed by atoms with Crippen molar-refractivity contribution >= 4 is 22.1 Å². The number of hydrogen-bond donors (Lipinski definition) is 0. The largest absolute Gasteiger partial charge is 0.265 e. The first kappa shape index (κ1) is 17.2. The van der Waals surface area contributed by atoms with E-state index in [9.17, 15) is 0 Å². The zero-order chi connectivity index (χ0) is 17.9. The van der Waals surface area contributed by atoms with Gasteiger partial charge in [-0.1, -0.05) is 36.4 Å². The number of rotatable bonds is 0. The SMILES string of the molecule is c1ccc2nc3ccccc3nc2c1.c1ccncc1.c1ccncc1. The van der Waals surface area contributed by atoms with E-state index in [-0.39, 0.29) is 0 Å². The van der Waals surface area contributed by atoms with Crippen molar-refractivity contribution in [1.82, 2.24) is 19.9 Å². The first-order valence-corrected chi connectivity index (χ1v) is 8.25. The van der Waals surface area contributed by atoms with Crippen LogP contribution in [0.5, 0.6) is 0 Å². The summed E-state index contributed by atoms with van der Waals surface area (Å²) in [4.78, 5) is 16.6. The maximum atomic E-state index is 4.52. The van der Waals surface area contributed by atoms with E-state index in [1.165, 1.54) is 0 Å². The van der Waals surface area contributed by atoms with Crippen molar-refractivity contribution < 1.29 is 0 Å². The lowest BCUT2D eigenvalue weighted by Gasteiger charge is -1.98. The van der Waals surface area contributed by atoms with Crippen molar-refractivity contribution in [2.24, 2.45) is 0 Å². The van der Waals surface area contributed by atoms with Crippen molar-refractivity contribution in [2.75, 3.05) is 0 Å². The van der Waals surface area contributed by atoms with Gasteiger partial charge in [-0.3, -0.25) is 9.97 Å². The molecule has 4 nitrogen and oxygen atoms in total. The molecule has 0 fully saturated rings. The van der Waals surface area contributed by atoms with E-state index in [0.29, 0.717) is 0 Å². The maximum Gasteiger partial charge on any atom is 0.0894 e. The van der Waals surface area contributed by atoms with Crippen LogP contribution in [0.1, 0.15) is 0 Å². The van der Waals surface area contributed by atoms with Gasteiger partial charge in [-0.2, -0.15) is 0 Å². The fourth-order valence-electron chi connectivity index (χ4n) is 2.19. The summed E-state index contributed by atoms with van der Waals surface area (Å²) in [5.74, 6) is 0. The zero-order valence-corrected chi connectivity index (χ0v) is 14.2. The highest BCUT2D eigenvalue weighted by molar-refractivity contribution is 5.85. The minimum Gasteiger partial charge on any atom is -0.265 e. The van der Waals surface area contributed by atoms with Gasteiger partial charge in [-0.25, -0.2) is 9.97 Å². The molecule has 0 saturated heterocycles. The Morgan fingerprint density at radius 2 is 0.654 bits per heavy atom. The highest BCUT2D eigenvalue weighted by Crippen LogP contribution is 2.14. The predicted octanol–water partition coefficient (Wildman–Crippen LogP) is 4.95. The Morgan fingerprint density at radius 3 is 0.846 bits per heavy atom. The molecule has 3 heterocycles. The summed E-state index contributed by atoms with van der Waals surface area (Å²) in [6.45, 7) is 0. The Kier molecular flexibility index (Phi) is 6.33. The summed E-state index contributed by atoms with van der Waals surface area (Å²) in [6.07, 6.45) is 7.00. The number of aromatic nitrogens is 4. The van der Waals surface area contributed by atoms with Crippen molar-refractivity contribution in [3.63, 3.8) is 0 Å². The van der Waals surface area contributed by atoms with Crippen LogP contribution in [-0.4, -0.2) is 19.9 Å². The number of pyridine rings is 2. The smallest absolute Gasteiger partial charge is 0.0894 e. The Balaban J connectivity index is 0.000000135. The first-order valence-electron chi connectivity index (χ1n) is 8.25. The fraction of sp³-hybridized carbons (Fsp3) is 0. The van der Waals surface area contributed by atoms with Crippen LogP contribution < -0.4 is 0 Å². The van der Waals surface area contributed by atoms with Gasteiger partial charge in [0.1, 0.15) is 0 Å². The standard InChI is InChI=1S/C12H8N2.2C5H5N/c1-2-6-10-9(5-1)13-11-7-3-4-8-12(11)14-10;2*1-2-4-6-5-3-1/h1-8H;2*1-5H. The van der Waals surface area contributed by atoms with E-state index in [4.69, 9.17) is 0 Å². The van der Waals surface area contributed by atoms with Crippen molar-refractivity contribution in [1.29, 1.82) is 0 Å². The first-order chi connectivity index (χ1) is 12.9. The van der Waals surface area contributed by atoms with Crippen molar-refractivity contribution in [3.05, 3.63) is 110 Å². The molecule has 0 aliphatic rings. The molecular formula is C22H18N4. The molecule has 3 aromatic heterocycles. The second kappa shape index (κ2) is 9.59. The Bertz CT molecular complexity index is 845. The zero-order valence-electron chi connectivity index (χ0n) is 14.2. The topological polar surface area (TPSA) is 51.6 Å². The summed E-state index contributed by atoms with van der Waals surface area (Å²) in [7, 11) is 0. The Morgan fingerprint density at radius 1 is 0.346 bits per heavy atom. The highest BCUT2D eigenvalue weighted by Gasteiger charge is 1.98. The molecule has 0 aliphatic heterocycles. The summed E-state index contributed by atoms with van der Waals surface area (Å²) < 4.78 is 0. The second-order valence-electron chi connectivity index (χ2n) is 5.25. The molecule has 5 rings (SSSR count). The molecule has 4 heteroatoms. The maximum absolute atomic E-state index is 4.52. The molecule has 0 N–H and O–H groups in total. The third kappa shape index (κ3) is 5.18. The predicted molar refractivity (Wildman–Crippen MR) is 106 cm³/mol. The third-order valence-electron chi connectivity index (χ3n) is 3.38. The molecule has 2 aromatic carbocycles. The number of para-hydroxylation sites is 4. The van der Waals surface area contributed by atoms with Crippen LogP contribution in [0.2, 0.25) is 0 Å². The van der Waals surface area contributed by atoms with Crippen LogP contribution >= 0.6 is 0 Å². The van der Waals surface area contributed by atoms with Crippen LogP contribution in [-0.2, 0) is 0 Å². The Labute approximate surface area is 152 Å². The number of benzene rings is 2. The van der Waals surface area contributed by atoms with Crippen LogP contribution in [0.15, 0.2) is 110 Å². The number of fused-ring (bicyclic) bond motifs is 2. The average Bonchev–Trinajstić information content (AvgIpc) is 2.75. The lowest BCUT2D eigenvalue weighted by atomic mass is 10.2. The molecular weight excluding hydrogens is 320 g/mol. The average molecular weight is 338 g/mol. The summed E-state index contributed by atoms with van der Waals surface area (Å²) in [6, 6.07) is 27.3. The fourth-order valence-corrected chi connectivity index (χ4v) is 2.19. The molecule has 0 radical (unpaired) electrons. The van der Waals surface area contributed by atoms with Gasteiger partial charge in [0, 0.05) is 24.8 Å². The second-order valence-corrected chi connectivity index (χ2v) is 5.25. The lowest BCUT2D eigenvalue weighted by molar-refractivity contribution is 1.33. The third-order valence-corrected chi connectivity index (χ3v) is 3.38. The monoisotopic (exact) mass is 338 g/mol. The van der Waals surface area contributed by atoms with Crippen LogP contribution in [0, 0.1) is 0 Å². The minimum absolute atomic E-state index is 0.950. The highest BCUT2D eigenvalue weighted by atomic mass is 14.8. The van der Waals surface area contributed by atoms with Crippen molar-refractivity contribution in [3.8, 4) is 0 Å². The molecule has 0 unspecified atom stereocenters. The molecule has 5 aromatic rings. The van der Waals surface area contributed by atoms with Crippen molar-refractivity contribution in [2.45, 2.75) is 0 Å². The van der Waals surface area contributed by atoms with E-state index >= 15 is 0 Å². The van der Waals surface area contributed by atoms with Crippen LogP contribution in [0.3, 0.4) is 0 Å². The van der Waals surface area contributed by atoms with Gasteiger partial charge >= 0.3 is 0 Å². The van der Waals surface area contributed by atoms with Gasteiger partial charge in [0.2, 0.25) is 0 Å². The molecule has 26 heavy (non-hydrogen) atoms. The lowest BCUT2D eigenvalue weighted by Crippen LogP contribution is -1.85. The molecule has 126 valence electrons. The molecule has 0 amide bonds. The van der Waals surface area contributed by atoms with E-state index in [0.717, 1.165) is 22.1 Å². The van der Waals surface area contributed by atoms with E-state index in [1.54, 1.807) is 24.8 Å². The quantitative estimate of drug-likeness (QED) is 0.375. The van der Waals surface area contributed by atoms with Gasteiger partial charge in [0.15, 0.2) is 0 Å². The molecule has 0 saturated carbocycles. The van der Waals surface area contributed by atoms with Crippen LogP contribution in [0.25, 0.3) is 22.1 Å². The van der Waals surface area contributed by atoms with Gasteiger partial charge < -0.3 is 0 Å². The molecule has 0 bridgehead atoms. The normalized spacial score (nSPS) is 9.54. The van der Waals surface area contributed by atoms with E-state index in [2.05, 4.69) is 19.9 Å². The Hall–Kier alpha value is -3.66. The number of hydrogen-bond acceptors (Lipinski definition) is 4. The molecule has 0 atom stereocenters. The summed E-state index contributed by atoms with van der Waals surface area (Å²) in [5.41, 5.74) is 3.80. The van der Waals surface area contributed by atoms with Gasteiger partial charge in [-0.15, -0.1) is 0 Å². The van der Waals surface area contributed by atoms with Crippen LogP contribution in [0.4, 0.5) is 0 Å². The minimum atomic E-state index is 0.950. The summed E-state index contributed by atoms with van der Waals surface area (Å²) >= 11 is 0.